The highest BCUT2D eigenvalue weighted by Crippen LogP contribution is 2.22. The summed E-state index contributed by atoms with van der Waals surface area (Å²) in [6, 6.07) is 25.8. The SMILES string of the molecule is CC(=O)Nc1ccc(OCc2noc(C(=O)NC(c3ccccc3)c3ccccc3)n2)cc1. The van der Waals surface area contributed by atoms with Gasteiger partial charge >= 0.3 is 11.8 Å². The minimum atomic E-state index is -0.480. The van der Waals surface area contributed by atoms with Crippen LogP contribution in [0, 0.1) is 0 Å². The van der Waals surface area contributed by atoms with E-state index in [1.165, 1.54) is 6.92 Å². The number of hydrogen-bond acceptors (Lipinski definition) is 6. The quantitative estimate of drug-likeness (QED) is 0.425. The van der Waals surface area contributed by atoms with Crippen LogP contribution in [0.4, 0.5) is 5.69 Å². The van der Waals surface area contributed by atoms with Crippen molar-refractivity contribution >= 4 is 17.5 Å². The number of ether oxygens (including phenoxy) is 1. The zero-order chi connectivity index (χ0) is 23.0. The van der Waals surface area contributed by atoms with Crippen molar-refractivity contribution in [3.63, 3.8) is 0 Å². The number of rotatable bonds is 8. The molecule has 0 aliphatic rings. The summed E-state index contributed by atoms with van der Waals surface area (Å²) < 4.78 is 10.8. The monoisotopic (exact) mass is 442 g/mol. The van der Waals surface area contributed by atoms with Crippen LogP contribution in [0.5, 0.6) is 5.75 Å². The van der Waals surface area contributed by atoms with E-state index in [2.05, 4.69) is 20.8 Å². The second-order valence-corrected chi connectivity index (χ2v) is 7.24. The summed E-state index contributed by atoms with van der Waals surface area (Å²) in [6.45, 7) is 1.47. The molecular weight excluding hydrogens is 420 g/mol. The Balaban J connectivity index is 1.41. The van der Waals surface area contributed by atoms with Gasteiger partial charge in [0.25, 0.3) is 0 Å². The number of nitrogens with one attached hydrogen (secondary N) is 2. The molecule has 0 unspecified atom stereocenters. The number of hydrogen-bond donors (Lipinski definition) is 2. The molecule has 0 aliphatic heterocycles. The molecular formula is C25H22N4O4. The standard InChI is InChI=1S/C25H22N4O4/c1-17(30)26-20-12-14-21(15-13-20)32-16-22-27-25(33-29-22)24(31)28-23(18-8-4-2-5-9-18)19-10-6-3-7-11-19/h2-15,23H,16H2,1H3,(H,26,30)(H,28,31). The Labute approximate surface area is 190 Å². The van der Waals surface area contributed by atoms with Gasteiger partial charge in [0, 0.05) is 12.6 Å². The van der Waals surface area contributed by atoms with Crippen LogP contribution < -0.4 is 15.4 Å². The van der Waals surface area contributed by atoms with Gasteiger partial charge in [-0.15, -0.1) is 0 Å². The first-order chi connectivity index (χ1) is 16.1. The minimum Gasteiger partial charge on any atom is -0.485 e. The number of carbonyl (C=O) groups excluding carboxylic acids is 2. The highest BCUT2D eigenvalue weighted by molar-refractivity contribution is 5.90. The molecule has 1 heterocycles. The van der Waals surface area contributed by atoms with Crippen molar-refractivity contribution in [2.24, 2.45) is 0 Å². The van der Waals surface area contributed by atoms with Gasteiger partial charge in [-0.1, -0.05) is 65.8 Å². The molecule has 1 aromatic heterocycles. The highest BCUT2D eigenvalue weighted by atomic mass is 16.5. The van der Waals surface area contributed by atoms with E-state index in [-0.39, 0.29) is 30.3 Å². The topological polar surface area (TPSA) is 106 Å². The van der Waals surface area contributed by atoms with Crippen LogP contribution in [0.15, 0.2) is 89.5 Å². The maximum Gasteiger partial charge on any atom is 0.316 e. The van der Waals surface area contributed by atoms with E-state index in [0.717, 1.165) is 11.1 Å². The van der Waals surface area contributed by atoms with Crippen LogP contribution in [0.3, 0.4) is 0 Å². The first-order valence-electron chi connectivity index (χ1n) is 10.3. The molecule has 4 aromatic rings. The van der Waals surface area contributed by atoms with Gasteiger partial charge in [0.15, 0.2) is 6.61 Å². The van der Waals surface area contributed by atoms with Gasteiger partial charge in [-0.3, -0.25) is 9.59 Å². The normalized spacial score (nSPS) is 10.6. The Hall–Kier alpha value is -4.46. The summed E-state index contributed by atoms with van der Waals surface area (Å²) in [5.74, 6) is 0.0239. The zero-order valence-electron chi connectivity index (χ0n) is 17.9. The van der Waals surface area contributed by atoms with Crippen molar-refractivity contribution in [1.82, 2.24) is 15.5 Å². The molecule has 166 valence electrons. The van der Waals surface area contributed by atoms with E-state index in [9.17, 15) is 9.59 Å². The number of anilines is 1. The lowest BCUT2D eigenvalue weighted by Gasteiger charge is -2.18. The van der Waals surface area contributed by atoms with Crippen LogP contribution >= 0.6 is 0 Å². The van der Waals surface area contributed by atoms with Crippen LogP contribution in [0.25, 0.3) is 0 Å². The molecule has 8 nitrogen and oxygen atoms in total. The fourth-order valence-corrected chi connectivity index (χ4v) is 3.23. The first kappa shape index (κ1) is 21.8. The summed E-state index contributed by atoms with van der Waals surface area (Å²) in [5, 5.41) is 9.48. The van der Waals surface area contributed by atoms with Crippen LogP contribution in [-0.4, -0.2) is 22.0 Å². The van der Waals surface area contributed by atoms with Crippen molar-refractivity contribution in [3.05, 3.63) is 108 Å². The Morgan fingerprint density at radius 2 is 1.52 bits per heavy atom. The molecule has 33 heavy (non-hydrogen) atoms. The number of amides is 2. The van der Waals surface area contributed by atoms with Gasteiger partial charge in [0.2, 0.25) is 11.7 Å². The second kappa shape index (κ2) is 10.2. The fraction of sp³-hybridized carbons (Fsp3) is 0.120. The van der Waals surface area contributed by atoms with E-state index in [1.807, 2.05) is 60.7 Å². The number of benzene rings is 3. The van der Waals surface area contributed by atoms with Gasteiger partial charge in [0.05, 0.1) is 6.04 Å². The number of nitrogens with zero attached hydrogens (tertiary/aromatic N) is 2. The molecule has 0 spiro atoms. The predicted octanol–water partition coefficient (Wildman–Crippen LogP) is 4.13. The fourth-order valence-electron chi connectivity index (χ4n) is 3.23. The summed E-state index contributed by atoms with van der Waals surface area (Å²) in [5.41, 5.74) is 2.53. The van der Waals surface area contributed by atoms with E-state index < -0.39 is 5.91 Å². The molecule has 2 amide bonds. The summed E-state index contributed by atoms with van der Waals surface area (Å²) in [7, 11) is 0. The molecule has 8 heteroatoms. The smallest absolute Gasteiger partial charge is 0.316 e. The van der Waals surface area contributed by atoms with Crippen molar-refractivity contribution in [2.75, 3.05) is 5.32 Å². The molecule has 0 atom stereocenters. The molecule has 4 rings (SSSR count). The lowest BCUT2D eigenvalue weighted by molar-refractivity contribution is -0.114. The average Bonchev–Trinajstić information content (AvgIpc) is 3.32. The van der Waals surface area contributed by atoms with Crippen LogP contribution in [-0.2, 0) is 11.4 Å². The predicted molar refractivity (Wildman–Crippen MR) is 122 cm³/mol. The zero-order valence-corrected chi connectivity index (χ0v) is 17.9. The lowest BCUT2D eigenvalue weighted by Crippen LogP contribution is -2.29. The average molecular weight is 442 g/mol. The van der Waals surface area contributed by atoms with E-state index in [0.29, 0.717) is 11.4 Å². The number of aromatic nitrogens is 2. The van der Waals surface area contributed by atoms with Gasteiger partial charge in [-0.05, 0) is 35.4 Å². The summed E-state index contributed by atoms with van der Waals surface area (Å²) in [4.78, 5) is 28.1. The van der Waals surface area contributed by atoms with Crippen molar-refractivity contribution in [1.29, 1.82) is 0 Å². The highest BCUT2D eigenvalue weighted by Gasteiger charge is 2.22. The third kappa shape index (κ3) is 5.82. The summed E-state index contributed by atoms with van der Waals surface area (Å²) >= 11 is 0. The number of carbonyl (C=O) groups is 2. The Morgan fingerprint density at radius 1 is 0.909 bits per heavy atom. The third-order valence-corrected chi connectivity index (χ3v) is 4.75. The van der Waals surface area contributed by atoms with Gasteiger partial charge < -0.3 is 19.9 Å². The lowest BCUT2D eigenvalue weighted by atomic mass is 9.99. The van der Waals surface area contributed by atoms with Crippen LogP contribution in [0.2, 0.25) is 0 Å². The maximum absolute atomic E-state index is 12.8. The molecule has 0 radical (unpaired) electrons. The minimum absolute atomic E-state index is 0.0249. The molecule has 0 saturated heterocycles. The molecule has 0 saturated carbocycles. The van der Waals surface area contributed by atoms with Crippen molar-refractivity contribution in [2.45, 2.75) is 19.6 Å². The van der Waals surface area contributed by atoms with Gasteiger partial charge in [-0.25, -0.2) is 0 Å². The maximum atomic E-state index is 12.8. The van der Waals surface area contributed by atoms with Gasteiger partial charge in [-0.2, -0.15) is 4.98 Å². The molecule has 2 N–H and O–H groups in total. The Morgan fingerprint density at radius 3 is 2.09 bits per heavy atom. The molecule has 3 aromatic carbocycles. The van der Waals surface area contributed by atoms with Crippen molar-refractivity contribution in [3.8, 4) is 5.75 Å². The Kier molecular flexibility index (Phi) is 6.75. The van der Waals surface area contributed by atoms with Crippen molar-refractivity contribution < 1.29 is 18.8 Å². The molecule has 0 fully saturated rings. The summed E-state index contributed by atoms with van der Waals surface area (Å²) in [6.07, 6.45) is 0. The van der Waals surface area contributed by atoms with E-state index >= 15 is 0 Å². The molecule has 0 bridgehead atoms. The van der Waals surface area contributed by atoms with Crippen LogP contribution in [0.1, 0.15) is 40.6 Å². The van der Waals surface area contributed by atoms with E-state index in [1.54, 1.807) is 24.3 Å². The largest absolute Gasteiger partial charge is 0.485 e. The van der Waals surface area contributed by atoms with Gasteiger partial charge in [0.1, 0.15) is 5.75 Å². The van der Waals surface area contributed by atoms with E-state index in [4.69, 9.17) is 9.26 Å². The third-order valence-electron chi connectivity index (χ3n) is 4.75. The second-order valence-electron chi connectivity index (χ2n) is 7.24. The Bertz CT molecular complexity index is 1170. The molecule has 0 aliphatic carbocycles. The first-order valence-corrected chi connectivity index (χ1v) is 10.3.